The van der Waals surface area contributed by atoms with E-state index in [0.29, 0.717) is 5.92 Å². The summed E-state index contributed by atoms with van der Waals surface area (Å²) in [6, 6.07) is -1.31. The Kier molecular flexibility index (Phi) is 3.23. The molecule has 2 aliphatic rings. The van der Waals surface area contributed by atoms with Crippen molar-refractivity contribution in [1.29, 1.82) is 0 Å². The van der Waals surface area contributed by atoms with E-state index in [1.807, 2.05) is 13.8 Å². The number of hydrogen-bond donors (Lipinski definition) is 3. The van der Waals surface area contributed by atoms with E-state index in [1.54, 1.807) is 0 Å². The number of carbonyl (C=O) groups excluding carboxylic acids is 1. The standard InChI is InChI=1S/C12H20N2O4/c1-12(2,7-3-4-7)13-11(18)14-6-8(15)5-9(14)10(16)17/h7-9,15H,3-6H2,1-2H3,(H,13,18)(H,16,17). The van der Waals surface area contributed by atoms with Crippen LogP contribution in [-0.4, -0.2) is 51.3 Å². The van der Waals surface area contributed by atoms with Crippen LogP contribution in [0.2, 0.25) is 0 Å². The quantitative estimate of drug-likeness (QED) is 0.682. The molecule has 0 aromatic heterocycles. The average molecular weight is 256 g/mol. The van der Waals surface area contributed by atoms with Gasteiger partial charge in [-0.25, -0.2) is 9.59 Å². The van der Waals surface area contributed by atoms with Crippen LogP contribution in [0.1, 0.15) is 33.1 Å². The Labute approximate surface area is 106 Å². The van der Waals surface area contributed by atoms with Crippen LogP contribution in [0, 0.1) is 5.92 Å². The second kappa shape index (κ2) is 4.42. The van der Waals surface area contributed by atoms with Crippen LogP contribution in [0.4, 0.5) is 4.79 Å². The molecule has 0 aromatic carbocycles. The smallest absolute Gasteiger partial charge is 0.326 e. The molecule has 1 aliphatic carbocycles. The second-order valence-corrected chi connectivity index (χ2v) is 5.82. The van der Waals surface area contributed by atoms with Gasteiger partial charge in [0.15, 0.2) is 0 Å². The van der Waals surface area contributed by atoms with Crippen LogP contribution >= 0.6 is 0 Å². The fourth-order valence-electron chi connectivity index (χ4n) is 2.53. The first-order valence-corrected chi connectivity index (χ1v) is 6.31. The number of aliphatic hydroxyl groups is 1. The fourth-order valence-corrected chi connectivity index (χ4v) is 2.53. The summed E-state index contributed by atoms with van der Waals surface area (Å²) in [6.07, 6.45) is 1.55. The van der Waals surface area contributed by atoms with Crippen molar-refractivity contribution in [3.8, 4) is 0 Å². The van der Waals surface area contributed by atoms with Gasteiger partial charge in [0, 0.05) is 18.5 Å². The number of carbonyl (C=O) groups is 2. The van der Waals surface area contributed by atoms with Gasteiger partial charge in [0.1, 0.15) is 6.04 Å². The lowest BCUT2D eigenvalue weighted by molar-refractivity contribution is -0.141. The molecule has 2 rings (SSSR count). The Morgan fingerprint density at radius 2 is 1.94 bits per heavy atom. The summed E-state index contributed by atoms with van der Waals surface area (Å²) in [5.74, 6) is -0.594. The van der Waals surface area contributed by atoms with E-state index in [1.165, 1.54) is 4.90 Å². The Hall–Kier alpha value is -1.30. The van der Waals surface area contributed by atoms with E-state index >= 15 is 0 Å². The molecule has 6 nitrogen and oxygen atoms in total. The van der Waals surface area contributed by atoms with Crippen molar-refractivity contribution in [3.05, 3.63) is 0 Å². The van der Waals surface area contributed by atoms with Crippen molar-refractivity contribution < 1.29 is 19.8 Å². The predicted octanol–water partition coefficient (Wildman–Crippen LogP) is 0.404. The predicted molar refractivity (Wildman–Crippen MR) is 64.1 cm³/mol. The van der Waals surface area contributed by atoms with E-state index in [2.05, 4.69) is 5.32 Å². The zero-order valence-electron chi connectivity index (χ0n) is 10.7. The van der Waals surface area contributed by atoms with Crippen LogP contribution in [0.3, 0.4) is 0 Å². The van der Waals surface area contributed by atoms with Gasteiger partial charge < -0.3 is 20.4 Å². The van der Waals surface area contributed by atoms with Crippen LogP contribution in [-0.2, 0) is 4.79 Å². The van der Waals surface area contributed by atoms with Crippen molar-refractivity contribution >= 4 is 12.0 Å². The number of carboxylic acids is 1. The lowest BCUT2D eigenvalue weighted by atomic mass is 9.99. The van der Waals surface area contributed by atoms with E-state index < -0.39 is 24.1 Å². The van der Waals surface area contributed by atoms with Gasteiger partial charge in [-0.3, -0.25) is 0 Å². The van der Waals surface area contributed by atoms with Crippen molar-refractivity contribution in [1.82, 2.24) is 10.2 Å². The number of likely N-dealkylation sites (tertiary alicyclic amines) is 1. The molecule has 2 unspecified atom stereocenters. The zero-order valence-corrected chi connectivity index (χ0v) is 10.7. The third kappa shape index (κ3) is 2.58. The number of nitrogens with zero attached hydrogens (tertiary/aromatic N) is 1. The van der Waals surface area contributed by atoms with Gasteiger partial charge in [-0.15, -0.1) is 0 Å². The first-order chi connectivity index (χ1) is 8.31. The molecule has 2 amide bonds. The highest BCUT2D eigenvalue weighted by Gasteiger charge is 2.43. The third-order valence-electron chi connectivity index (χ3n) is 3.85. The highest BCUT2D eigenvalue weighted by molar-refractivity contribution is 5.83. The second-order valence-electron chi connectivity index (χ2n) is 5.82. The van der Waals surface area contributed by atoms with E-state index in [-0.39, 0.29) is 18.5 Å². The summed E-state index contributed by atoms with van der Waals surface area (Å²) in [5.41, 5.74) is -0.312. The minimum absolute atomic E-state index is 0.0869. The normalized spacial score (nSPS) is 28.3. The Bertz CT molecular complexity index is 365. The summed E-state index contributed by atoms with van der Waals surface area (Å²) in [7, 11) is 0. The number of urea groups is 1. The Morgan fingerprint density at radius 1 is 1.33 bits per heavy atom. The monoisotopic (exact) mass is 256 g/mol. The maximum atomic E-state index is 12.1. The molecule has 2 atom stereocenters. The lowest BCUT2D eigenvalue weighted by Crippen LogP contribution is -2.53. The molecule has 0 spiro atoms. The maximum Gasteiger partial charge on any atom is 0.326 e. The summed E-state index contributed by atoms with van der Waals surface area (Å²) in [6.45, 7) is 3.99. The number of aliphatic carboxylic acids is 1. The summed E-state index contributed by atoms with van der Waals surface area (Å²) in [4.78, 5) is 24.4. The number of amides is 2. The van der Waals surface area contributed by atoms with Gasteiger partial charge in [-0.1, -0.05) is 0 Å². The van der Waals surface area contributed by atoms with Crippen LogP contribution in [0.25, 0.3) is 0 Å². The largest absolute Gasteiger partial charge is 0.480 e. The third-order valence-corrected chi connectivity index (χ3v) is 3.85. The van der Waals surface area contributed by atoms with Gasteiger partial charge in [0.2, 0.25) is 0 Å². The molecule has 1 saturated heterocycles. The van der Waals surface area contributed by atoms with E-state index in [0.717, 1.165) is 12.8 Å². The fraction of sp³-hybridized carbons (Fsp3) is 0.833. The maximum absolute atomic E-state index is 12.1. The average Bonchev–Trinajstić information content (AvgIpc) is 3.01. The van der Waals surface area contributed by atoms with Gasteiger partial charge >= 0.3 is 12.0 Å². The molecule has 18 heavy (non-hydrogen) atoms. The number of aliphatic hydroxyl groups excluding tert-OH is 1. The Balaban J connectivity index is 2.01. The highest BCUT2D eigenvalue weighted by Crippen LogP contribution is 2.39. The van der Waals surface area contributed by atoms with Crippen molar-refractivity contribution in [2.45, 2.75) is 50.8 Å². The zero-order chi connectivity index (χ0) is 13.5. The summed E-state index contributed by atoms with van der Waals surface area (Å²) < 4.78 is 0. The highest BCUT2D eigenvalue weighted by atomic mass is 16.4. The van der Waals surface area contributed by atoms with Crippen LogP contribution in [0.15, 0.2) is 0 Å². The molecule has 2 fully saturated rings. The molecule has 1 heterocycles. The van der Waals surface area contributed by atoms with Crippen molar-refractivity contribution in [2.75, 3.05) is 6.54 Å². The number of carboxylic acid groups (broad SMARTS) is 1. The van der Waals surface area contributed by atoms with Gasteiger partial charge in [0.05, 0.1) is 6.10 Å². The summed E-state index contributed by atoms with van der Waals surface area (Å²) in [5, 5.41) is 21.4. The molecule has 3 N–H and O–H groups in total. The number of hydrogen-bond acceptors (Lipinski definition) is 3. The lowest BCUT2D eigenvalue weighted by Gasteiger charge is -2.30. The Morgan fingerprint density at radius 3 is 2.44 bits per heavy atom. The molecule has 0 aromatic rings. The summed E-state index contributed by atoms with van der Waals surface area (Å²) >= 11 is 0. The SMILES string of the molecule is CC(C)(NC(=O)N1CC(O)CC1C(=O)O)C1CC1. The molecule has 0 radical (unpaired) electrons. The first kappa shape index (κ1) is 13.1. The van der Waals surface area contributed by atoms with Crippen molar-refractivity contribution in [3.63, 3.8) is 0 Å². The number of β-amino-alcohol motifs (C(OH)–C–C–N with tert-alkyl or cyclic N) is 1. The molecular weight excluding hydrogens is 236 g/mol. The molecule has 1 aliphatic heterocycles. The van der Waals surface area contributed by atoms with E-state index in [9.17, 15) is 14.7 Å². The van der Waals surface area contributed by atoms with Crippen molar-refractivity contribution in [2.24, 2.45) is 5.92 Å². The van der Waals surface area contributed by atoms with Crippen LogP contribution < -0.4 is 5.32 Å². The molecule has 1 saturated carbocycles. The minimum atomic E-state index is -1.06. The van der Waals surface area contributed by atoms with E-state index in [4.69, 9.17) is 5.11 Å². The number of nitrogens with one attached hydrogen (secondary N) is 1. The molecule has 102 valence electrons. The molecule has 0 bridgehead atoms. The van der Waals surface area contributed by atoms with Gasteiger partial charge in [-0.05, 0) is 32.6 Å². The molecular formula is C12H20N2O4. The number of rotatable bonds is 3. The molecule has 6 heteroatoms. The minimum Gasteiger partial charge on any atom is -0.480 e. The van der Waals surface area contributed by atoms with Gasteiger partial charge in [-0.2, -0.15) is 0 Å². The van der Waals surface area contributed by atoms with Crippen LogP contribution in [0.5, 0.6) is 0 Å². The first-order valence-electron chi connectivity index (χ1n) is 6.31. The van der Waals surface area contributed by atoms with Gasteiger partial charge in [0.25, 0.3) is 0 Å². The topological polar surface area (TPSA) is 89.9 Å².